The number of hydrogen-bond acceptors (Lipinski definition) is 0. The molecule has 1 atom stereocenters. The third kappa shape index (κ3) is 3.07. The molecule has 2 rings (SSSR count). The third-order valence-corrected chi connectivity index (χ3v) is 4.60. The van der Waals surface area contributed by atoms with Crippen molar-refractivity contribution in [2.24, 2.45) is 5.41 Å². The van der Waals surface area contributed by atoms with Crippen LogP contribution in [0.4, 0.5) is 0 Å². The maximum absolute atomic E-state index is 2.35. The quantitative estimate of drug-likeness (QED) is 0.636. The summed E-state index contributed by atoms with van der Waals surface area (Å²) >= 11 is 0. The van der Waals surface area contributed by atoms with Crippen molar-refractivity contribution in [1.82, 2.24) is 0 Å². The summed E-state index contributed by atoms with van der Waals surface area (Å²) in [4.78, 5) is 0. The molecular formula is C19H24. The Bertz CT molecular complexity index is 505. The fourth-order valence-corrected chi connectivity index (χ4v) is 2.35. The zero-order valence-electron chi connectivity index (χ0n) is 12.5. The van der Waals surface area contributed by atoms with Crippen molar-refractivity contribution in [1.29, 1.82) is 0 Å². The minimum atomic E-state index is 0.355. The highest BCUT2D eigenvalue weighted by atomic mass is 14.3. The first-order valence-corrected chi connectivity index (χ1v) is 7.20. The van der Waals surface area contributed by atoms with Gasteiger partial charge in [0.25, 0.3) is 0 Å². The fraction of sp³-hybridized carbons (Fsp3) is 0.368. The average molecular weight is 252 g/mol. The van der Waals surface area contributed by atoms with Gasteiger partial charge in [-0.3, -0.25) is 0 Å². The Balaban J connectivity index is 2.24. The molecule has 0 heterocycles. The second-order valence-electron chi connectivity index (χ2n) is 6.05. The van der Waals surface area contributed by atoms with E-state index in [4.69, 9.17) is 0 Å². The van der Waals surface area contributed by atoms with E-state index in [9.17, 15) is 0 Å². The first-order chi connectivity index (χ1) is 9.04. The molecule has 0 N–H and O–H groups in total. The standard InChI is InChI=1S/C19H24/c1-5-19(3,4)15(2)16-11-13-18(14-12-16)17-9-7-6-8-10-17/h6-15H,5H2,1-4H3. The number of hydrogen-bond donors (Lipinski definition) is 0. The second-order valence-corrected chi connectivity index (χ2v) is 6.05. The van der Waals surface area contributed by atoms with Crippen molar-refractivity contribution in [2.45, 2.75) is 40.0 Å². The summed E-state index contributed by atoms with van der Waals surface area (Å²) in [6.07, 6.45) is 1.20. The van der Waals surface area contributed by atoms with Crippen molar-refractivity contribution < 1.29 is 0 Å². The maximum Gasteiger partial charge on any atom is -0.0139 e. The molecule has 0 aromatic heterocycles. The van der Waals surface area contributed by atoms with Crippen molar-refractivity contribution >= 4 is 0 Å². The van der Waals surface area contributed by atoms with E-state index in [0.717, 1.165) is 0 Å². The van der Waals surface area contributed by atoms with E-state index in [2.05, 4.69) is 82.3 Å². The van der Waals surface area contributed by atoms with E-state index < -0.39 is 0 Å². The topological polar surface area (TPSA) is 0 Å². The highest BCUT2D eigenvalue weighted by Gasteiger charge is 2.24. The lowest BCUT2D eigenvalue weighted by atomic mass is 9.74. The van der Waals surface area contributed by atoms with E-state index in [1.807, 2.05) is 0 Å². The van der Waals surface area contributed by atoms with Crippen LogP contribution in [0.5, 0.6) is 0 Å². The molecule has 19 heavy (non-hydrogen) atoms. The lowest BCUT2D eigenvalue weighted by molar-refractivity contribution is 0.289. The van der Waals surface area contributed by atoms with Gasteiger partial charge in [0.15, 0.2) is 0 Å². The summed E-state index contributed by atoms with van der Waals surface area (Å²) in [6, 6.07) is 19.6. The van der Waals surface area contributed by atoms with Crippen molar-refractivity contribution in [3.8, 4) is 11.1 Å². The van der Waals surface area contributed by atoms with Gasteiger partial charge in [0.2, 0.25) is 0 Å². The summed E-state index contributed by atoms with van der Waals surface area (Å²) in [5.74, 6) is 0.585. The van der Waals surface area contributed by atoms with Gasteiger partial charge in [-0.2, -0.15) is 0 Å². The van der Waals surface area contributed by atoms with Crippen LogP contribution < -0.4 is 0 Å². The van der Waals surface area contributed by atoms with E-state index in [1.54, 1.807) is 0 Å². The summed E-state index contributed by atoms with van der Waals surface area (Å²) in [7, 11) is 0. The molecular weight excluding hydrogens is 228 g/mol. The SMILES string of the molecule is CCC(C)(C)C(C)c1ccc(-c2ccccc2)cc1. The molecule has 0 amide bonds. The summed E-state index contributed by atoms with van der Waals surface area (Å²) in [6.45, 7) is 9.31. The molecule has 0 nitrogen and oxygen atoms in total. The van der Waals surface area contributed by atoms with Crippen molar-refractivity contribution in [3.63, 3.8) is 0 Å². The predicted molar refractivity (Wildman–Crippen MR) is 84.4 cm³/mol. The molecule has 2 aromatic carbocycles. The Labute approximate surface area is 117 Å². The highest BCUT2D eigenvalue weighted by Crippen LogP contribution is 2.38. The second kappa shape index (κ2) is 5.61. The van der Waals surface area contributed by atoms with Gasteiger partial charge in [-0.05, 0) is 28.0 Å². The zero-order chi connectivity index (χ0) is 13.9. The van der Waals surface area contributed by atoms with E-state index >= 15 is 0 Å². The molecule has 0 aliphatic heterocycles. The Kier molecular flexibility index (Phi) is 4.09. The monoisotopic (exact) mass is 252 g/mol. The van der Waals surface area contributed by atoms with Crippen LogP contribution >= 0.6 is 0 Å². The Morgan fingerprint density at radius 2 is 1.37 bits per heavy atom. The molecule has 0 aliphatic carbocycles. The molecule has 0 bridgehead atoms. The van der Waals surface area contributed by atoms with Gasteiger partial charge >= 0.3 is 0 Å². The van der Waals surface area contributed by atoms with Crippen LogP contribution in [-0.4, -0.2) is 0 Å². The molecule has 0 saturated heterocycles. The maximum atomic E-state index is 2.35. The minimum absolute atomic E-state index is 0.355. The molecule has 0 aliphatic rings. The van der Waals surface area contributed by atoms with Crippen LogP contribution in [-0.2, 0) is 0 Å². The van der Waals surface area contributed by atoms with Gasteiger partial charge in [-0.15, -0.1) is 0 Å². The molecule has 100 valence electrons. The van der Waals surface area contributed by atoms with Crippen LogP contribution in [0.2, 0.25) is 0 Å². The normalized spacial score (nSPS) is 13.3. The van der Waals surface area contributed by atoms with Crippen LogP contribution in [0, 0.1) is 5.41 Å². The van der Waals surface area contributed by atoms with Gasteiger partial charge in [0.05, 0.1) is 0 Å². The first kappa shape index (κ1) is 13.9. The molecule has 1 unspecified atom stereocenters. The molecule has 0 fully saturated rings. The van der Waals surface area contributed by atoms with Gasteiger partial charge in [-0.1, -0.05) is 88.7 Å². The Morgan fingerprint density at radius 1 is 0.842 bits per heavy atom. The molecule has 0 radical (unpaired) electrons. The summed E-state index contributed by atoms with van der Waals surface area (Å²) in [5.41, 5.74) is 4.38. The van der Waals surface area contributed by atoms with Gasteiger partial charge < -0.3 is 0 Å². The zero-order valence-corrected chi connectivity index (χ0v) is 12.5. The lowest BCUT2D eigenvalue weighted by Crippen LogP contribution is -2.18. The number of rotatable bonds is 4. The van der Waals surface area contributed by atoms with Gasteiger partial charge in [0, 0.05) is 0 Å². The van der Waals surface area contributed by atoms with Crippen LogP contribution in [0.3, 0.4) is 0 Å². The van der Waals surface area contributed by atoms with Gasteiger partial charge in [0.1, 0.15) is 0 Å². The smallest absolute Gasteiger partial charge is 0.0139 e. The van der Waals surface area contributed by atoms with E-state index in [-0.39, 0.29) is 0 Å². The van der Waals surface area contributed by atoms with Crippen LogP contribution in [0.25, 0.3) is 11.1 Å². The fourth-order valence-electron chi connectivity index (χ4n) is 2.35. The number of benzene rings is 2. The largest absolute Gasteiger partial charge is 0.0649 e. The first-order valence-electron chi connectivity index (χ1n) is 7.20. The average Bonchev–Trinajstić information content (AvgIpc) is 2.47. The Hall–Kier alpha value is -1.56. The summed E-state index contributed by atoms with van der Waals surface area (Å²) < 4.78 is 0. The highest BCUT2D eigenvalue weighted by molar-refractivity contribution is 5.63. The predicted octanol–water partition coefficient (Wildman–Crippen LogP) is 5.89. The van der Waals surface area contributed by atoms with Crippen molar-refractivity contribution in [3.05, 3.63) is 60.2 Å². The summed E-state index contributed by atoms with van der Waals surface area (Å²) in [5, 5.41) is 0. The van der Waals surface area contributed by atoms with Crippen LogP contribution in [0.15, 0.2) is 54.6 Å². The Morgan fingerprint density at radius 3 is 1.89 bits per heavy atom. The van der Waals surface area contributed by atoms with E-state index in [1.165, 1.54) is 23.1 Å². The van der Waals surface area contributed by atoms with Crippen LogP contribution in [0.1, 0.15) is 45.6 Å². The molecule has 0 spiro atoms. The molecule has 0 heteroatoms. The van der Waals surface area contributed by atoms with Gasteiger partial charge in [-0.25, -0.2) is 0 Å². The lowest BCUT2D eigenvalue weighted by Gasteiger charge is -2.31. The van der Waals surface area contributed by atoms with E-state index in [0.29, 0.717) is 11.3 Å². The van der Waals surface area contributed by atoms with Crippen molar-refractivity contribution in [2.75, 3.05) is 0 Å². The third-order valence-electron chi connectivity index (χ3n) is 4.60. The minimum Gasteiger partial charge on any atom is -0.0649 e. The molecule has 0 saturated carbocycles. The molecule has 2 aromatic rings.